The molecule has 0 saturated carbocycles. The van der Waals surface area contributed by atoms with Crippen LogP contribution in [0.3, 0.4) is 0 Å². The third-order valence-electron chi connectivity index (χ3n) is 3.75. The van der Waals surface area contributed by atoms with Gasteiger partial charge in [0.2, 0.25) is 5.95 Å². The maximum absolute atomic E-state index is 11.7. The van der Waals surface area contributed by atoms with Crippen molar-refractivity contribution in [3.05, 3.63) is 16.7 Å². The van der Waals surface area contributed by atoms with Crippen LogP contribution in [0.4, 0.5) is 5.95 Å². The lowest BCUT2D eigenvalue weighted by atomic mass is 10.1. The first-order valence-electron chi connectivity index (χ1n) is 7.93. The molecule has 6 heteroatoms. The van der Waals surface area contributed by atoms with E-state index in [4.69, 9.17) is 5.73 Å². The quantitative estimate of drug-likeness (QED) is 0.695. The van der Waals surface area contributed by atoms with Gasteiger partial charge in [-0.2, -0.15) is 4.98 Å². The number of hydrogen-bond donors (Lipinski definition) is 2. The molecule has 0 unspecified atom stereocenters. The third-order valence-corrected chi connectivity index (χ3v) is 3.75. The van der Waals surface area contributed by atoms with Gasteiger partial charge in [-0.25, -0.2) is 4.98 Å². The lowest BCUT2D eigenvalue weighted by Crippen LogP contribution is -2.12. The first-order chi connectivity index (χ1) is 10.2. The highest BCUT2D eigenvalue weighted by molar-refractivity contribution is 5.70. The molecule has 0 spiro atoms. The molecular weight excluding hydrogens is 266 g/mol. The number of nitrogens with one attached hydrogen (secondary N) is 1. The molecule has 0 aliphatic heterocycles. The normalized spacial score (nSPS) is 11.3. The first-order valence-corrected chi connectivity index (χ1v) is 7.93. The van der Waals surface area contributed by atoms with Gasteiger partial charge < -0.3 is 10.3 Å². The van der Waals surface area contributed by atoms with Gasteiger partial charge in [-0.15, -0.1) is 0 Å². The van der Waals surface area contributed by atoms with Gasteiger partial charge in [-0.05, 0) is 6.42 Å². The molecule has 0 amide bonds. The van der Waals surface area contributed by atoms with Crippen LogP contribution in [-0.4, -0.2) is 19.5 Å². The fraction of sp³-hybridized carbons (Fsp3) is 0.667. The standard InChI is InChI=1S/C15H25N5O/c1-2-3-4-5-6-7-8-9-10-20-11-17-12-13(20)18-15(16)19-14(12)21/h11H,2-10H2,1H3,(H3,16,18,19,21). The van der Waals surface area contributed by atoms with Crippen LogP contribution in [0, 0.1) is 0 Å². The predicted molar refractivity (Wildman–Crippen MR) is 85.2 cm³/mol. The summed E-state index contributed by atoms with van der Waals surface area (Å²) in [5.74, 6) is 0.144. The summed E-state index contributed by atoms with van der Waals surface area (Å²) >= 11 is 0. The van der Waals surface area contributed by atoms with Crippen LogP contribution < -0.4 is 11.3 Å². The molecule has 0 aliphatic carbocycles. The van der Waals surface area contributed by atoms with Gasteiger partial charge in [0.05, 0.1) is 6.33 Å². The number of imidazole rings is 1. The summed E-state index contributed by atoms with van der Waals surface area (Å²) in [4.78, 5) is 22.4. The minimum atomic E-state index is -0.271. The number of rotatable bonds is 9. The van der Waals surface area contributed by atoms with Gasteiger partial charge in [0.25, 0.3) is 5.56 Å². The van der Waals surface area contributed by atoms with Crippen molar-refractivity contribution in [1.82, 2.24) is 19.5 Å². The van der Waals surface area contributed by atoms with E-state index in [0.29, 0.717) is 11.2 Å². The largest absolute Gasteiger partial charge is 0.369 e. The van der Waals surface area contributed by atoms with Crippen LogP contribution in [0.15, 0.2) is 11.1 Å². The number of hydrogen-bond acceptors (Lipinski definition) is 4. The number of nitrogen functional groups attached to an aromatic ring is 1. The fourth-order valence-corrected chi connectivity index (χ4v) is 2.55. The molecule has 0 atom stereocenters. The second-order valence-electron chi connectivity index (χ2n) is 5.54. The van der Waals surface area contributed by atoms with Gasteiger partial charge in [-0.1, -0.05) is 51.9 Å². The Kier molecular flexibility index (Phi) is 5.78. The molecule has 6 nitrogen and oxygen atoms in total. The third kappa shape index (κ3) is 4.31. The van der Waals surface area contributed by atoms with Crippen molar-refractivity contribution in [3.63, 3.8) is 0 Å². The molecule has 0 radical (unpaired) electrons. The summed E-state index contributed by atoms with van der Waals surface area (Å²) in [5, 5.41) is 0. The van der Waals surface area contributed by atoms with Crippen molar-refractivity contribution in [2.75, 3.05) is 5.73 Å². The van der Waals surface area contributed by atoms with E-state index >= 15 is 0 Å². The molecule has 0 saturated heterocycles. The van der Waals surface area contributed by atoms with Crippen molar-refractivity contribution < 1.29 is 0 Å². The van der Waals surface area contributed by atoms with Crippen molar-refractivity contribution in [2.24, 2.45) is 0 Å². The molecule has 2 aromatic heterocycles. The number of nitrogens with two attached hydrogens (primary N) is 1. The van der Waals surface area contributed by atoms with Crippen LogP contribution in [0.5, 0.6) is 0 Å². The Bertz CT molecular complexity index is 616. The lowest BCUT2D eigenvalue weighted by molar-refractivity contribution is 0.547. The summed E-state index contributed by atoms with van der Waals surface area (Å²) in [6.45, 7) is 3.07. The van der Waals surface area contributed by atoms with E-state index in [2.05, 4.69) is 21.9 Å². The summed E-state index contributed by atoms with van der Waals surface area (Å²) in [7, 11) is 0. The number of fused-ring (bicyclic) bond motifs is 1. The predicted octanol–water partition coefficient (Wildman–Crippen LogP) is 2.84. The zero-order valence-electron chi connectivity index (χ0n) is 12.8. The average Bonchev–Trinajstić information content (AvgIpc) is 2.85. The Labute approximate surface area is 124 Å². The maximum Gasteiger partial charge on any atom is 0.280 e. The van der Waals surface area contributed by atoms with Gasteiger partial charge >= 0.3 is 0 Å². The van der Waals surface area contributed by atoms with Crippen LogP contribution in [0.25, 0.3) is 11.2 Å². The molecule has 0 aliphatic rings. The SMILES string of the molecule is CCCCCCCCCCn1cnc2c(=O)[nH]c(N)nc21. The van der Waals surface area contributed by atoms with Crippen LogP contribution in [0.2, 0.25) is 0 Å². The fourth-order valence-electron chi connectivity index (χ4n) is 2.55. The van der Waals surface area contributed by atoms with Crippen molar-refractivity contribution in [2.45, 2.75) is 64.8 Å². The molecule has 2 heterocycles. The highest BCUT2D eigenvalue weighted by Gasteiger charge is 2.08. The Balaban J connectivity index is 1.78. The Hall–Kier alpha value is -1.85. The number of aromatic amines is 1. The van der Waals surface area contributed by atoms with E-state index in [0.717, 1.165) is 13.0 Å². The monoisotopic (exact) mass is 291 g/mol. The summed E-state index contributed by atoms with van der Waals surface area (Å²) < 4.78 is 1.91. The van der Waals surface area contributed by atoms with E-state index in [9.17, 15) is 4.79 Å². The van der Waals surface area contributed by atoms with E-state index in [1.165, 1.54) is 44.9 Å². The topological polar surface area (TPSA) is 89.6 Å². The van der Waals surface area contributed by atoms with Crippen molar-refractivity contribution >= 4 is 17.1 Å². The summed E-state index contributed by atoms with van der Waals surface area (Å²) in [6, 6.07) is 0. The van der Waals surface area contributed by atoms with Crippen LogP contribution in [-0.2, 0) is 6.54 Å². The van der Waals surface area contributed by atoms with Gasteiger partial charge in [0, 0.05) is 6.54 Å². The molecule has 2 rings (SSSR count). The van der Waals surface area contributed by atoms with Crippen LogP contribution >= 0.6 is 0 Å². The Morgan fingerprint density at radius 2 is 1.81 bits per heavy atom. The minimum absolute atomic E-state index is 0.144. The smallest absolute Gasteiger partial charge is 0.280 e. The van der Waals surface area contributed by atoms with E-state index in [1.54, 1.807) is 6.33 Å². The summed E-state index contributed by atoms with van der Waals surface area (Å²) in [6.07, 6.45) is 11.9. The van der Waals surface area contributed by atoms with Crippen LogP contribution in [0.1, 0.15) is 58.3 Å². The first kappa shape index (κ1) is 15.5. The van der Waals surface area contributed by atoms with Gasteiger partial charge in [0.1, 0.15) is 0 Å². The number of anilines is 1. The number of H-pyrrole nitrogens is 1. The number of aryl methyl sites for hydroxylation is 1. The number of unbranched alkanes of at least 4 members (excludes halogenated alkanes) is 7. The second-order valence-corrected chi connectivity index (χ2v) is 5.54. The van der Waals surface area contributed by atoms with Crippen molar-refractivity contribution in [1.29, 1.82) is 0 Å². The molecule has 116 valence electrons. The second kappa shape index (κ2) is 7.81. The molecule has 2 aromatic rings. The van der Waals surface area contributed by atoms with E-state index in [-0.39, 0.29) is 11.5 Å². The minimum Gasteiger partial charge on any atom is -0.369 e. The highest BCUT2D eigenvalue weighted by atomic mass is 16.1. The number of aromatic nitrogens is 4. The van der Waals surface area contributed by atoms with E-state index < -0.39 is 0 Å². The van der Waals surface area contributed by atoms with E-state index in [1.807, 2.05) is 4.57 Å². The van der Waals surface area contributed by atoms with Crippen molar-refractivity contribution in [3.8, 4) is 0 Å². The number of nitrogens with zero attached hydrogens (tertiary/aromatic N) is 3. The molecule has 0 bridgehead atoms. The Morgan fingerprint density at radius 3 is 2.52 bits per heavy atom. The Morgan fingerprint density at radius 1 is 1.14 bits per heavy atom. The zero-order valence-corrected chi connectivity index (χ0v) is 12.8. The molecule has 3 N–H and O–H groups in total. The maximum atomic E-state index is 11.7. The zero-order chi connectivity index (χ0) is 15.1. The average molecular weight is 291 g/mol. The highest BCUT2D eigenvalue weighted by Crippen LogP contribution is 2.11. The summed E-state index contributed by atoms with van der Waals surface area (Å²) in [5.41, 5.74) is 6.26. The molecule has 0 aromatic carbocycles. The van der Waals surface area contributed by atoms with Gasteiger partial charge in [0.15, 0.2) is 11.2 Å². The molecular formula is C15H25N5O. The van der Waals surface area contributed by atoms with Gasteiger partial charge in [-0.3, -0.25) is 9.78 Å². The molecule has 0 fully saturated rings. The lowest BCUT2D eigenvalue weighted by Gasteiger charge is -2.04. The molecule has 21 heavy (non-hydrogen) atoms.